The Hall–Kier alpha value is -2.63. The highest BCUT2D eigenvalue weighted by atomic mass is 35.5. The van der Waals surface area contributed by atoms with Crippen LogP contribution in [0.15, 0.2) is 46.4 Å². The highest BCUT2D eigenvalue weighted by Crippen LogP contribution is 2.31. The Morgan fingerprint density at radius 2 is 1.74 bits per heavy atom. The van der Waals surface area contributed by atoms with Gasteiger partial charge in [-0.05, 0) is 24.3 Å². The second-order valence-electron chi connectivity index (χ2n) is 5.29. The molecule has 6 N–H and O–H groups in total. The van der Waals surface area contributed by atoms with Crippen LogP contribution < -0.4 is 16.7 Å². The van der Waals surface area contributed by atoms with Crippen LogP contribution in [0.5, 0.6) is 0 Å². The molecule has 0 saturated carbocycles. The molecule has 2 aromatic carbocycles. The number of hydrogen-bond donors (Lipinski definition) is 3. The summed E-state index contributed by atoms with van der Waals surface area (Å²) in [5.41, 5.74) is 3.40. The van der Waals surface area contributed by atoms with Gasteiger partial charge in [0.15, 0.2) is 0 Å². The Morgan fingerprint density at radius 1 is 1.11 bits per heavy atom. The van der Waals surface area contributed by atoms with Gasteiger partial charge in [0, 0.05) is 11.1 Å². The molecule has 0 atom stereocenters. The number of alkyl halides is 3. The van der Waals surface area contributed by atoms with E-state index in [1.54, 1.807) is 0 Å². The number of hydrogen-bond acceptors (Lipinski definition) is 5. The average molecular weight is 421 g/mol. The third kappa shape index (κ3) is 4.38. The molecule has 0 aliphatic rings. The molecular formula is C15H12ClF3N4O3S. The molecule has 0 radical (unpaired) electrons. The van der Waals surface area contributed by atoms with Crippen LogP contribution in [-0.4, -0.2) is 20.0 Å². The molecule has 0 aliphatic carbocycles. The second-order valence-corrected chi connectivity index (χ2v) is 7.23. The van der Waals surface area contributed by atoms with Gasteiger partial charge in [-0.3, -0.25) is 4.79 Å². The Bertz CT molecular complexity index is 1050. The molecule has 0 spiro atoms. The van der Waals surface area contributed by atoms with Gasteiger partial charge in [-0.15, -0.1) is 0 Å². The first-order valence-corrected chi connectivity index (χ1v) is 8.90. The summed E-state index contributed by atoms with van der Waals surface area (Å²) in [5.74, 6) is 4.22. The fraction of sp³-hybridized carbons (Fsp3) is 0.0667. The maximum atomic E-state index is 12.9. The number of sulfonamides is 1. The number of rotatable bonds is 4. The molecule has 7 nitrogen and oxygen atoms in total. The third-order valence-corrected chi connectivity index (χ3v) is 4.87. The van der Waals surface area contributed by atoms with Crippen LogP contribution in [-0.2, 0) is 16.2 Å². The number of primary amides is 1. The van der Waals surface area contributed by atoms with Crippen molar-refractivity contribution >= 4 is 33.2 Å². The molecule has 0 aliphatic heterocycles. The molecule has 0 saturated heterocycles. The normalized spacial score (nSPS) is 12.9. The zero-order valence-electron chi connectivity index (χ0n) is 13.3. The predicted molar refractivity (Wildman–Crippen MR) is 92.6 cm³/mol. The van der Waals surface area contributed by atoms with Crippen LogP contribution in [0.2, 0.25) is 5.02 Å². The molecule has 27 heavy (non-hydrogen) atoms. The minimum Gasteiger partial charge on any atom is -0.366 e. The first-order chi connectivity index (χ1) is 12.4. The minimum absolute atomic E-state index is 0.0887. The van der Waals surface area contributed by atoms with Gasteiger partial charge in [0.2, 0.25) is 15.9 Å². The van der Waals surface area contributed by atoms with Crippen molar-refractivity contribution in [3.63, 3.8) is 0 Å². The van der Waals surface area contributed by atoms with Crippen molar-refractivity contribution in [3.05, 3.63) is 63.7 Å². The van der Waals surface area contributed by atoms with E-state index in [9.17, 15) is 26.4 Å². The number of carbonyl (C=O) groups excluding carboxylic acids is 1. The molecule has 0 heterocycles. The summed E-state index contributed by atoms with van der Waals surface area (Å²) in [7, 11) is -4.29. The molecule has 0 aromatic heterocycles. The zero-order valence-corrected chi connectivity index (χ0v) is 14.9. The van der Waals surface area contributed by atoms with Gasteiger partial charge in [-0.1, -0.05) is 23.7 Å². The predicted octanol–water partition coefficient (Wildman–Crippen LogP) is 1.82. The molecule has 2 aromatic rings. The van der Waals surface area contributed by atoms with Gasteiger partial charge in [-0.25, -0.2) is 13.6 Å². The van der Waals surface area contributed by atoms with E-state index >= 15 is 0 Å². The molecule has 12 heteroatoms. The van der Waals surface area contributed by atoms with Gasteiger partial charge in [0.05, 0.1) is 21.9 Å². The number of primary sulfonamides is 1. The lowest BCUT2D eigenvalue weighted by Gasteiger charge is -2.14. The van der Waals surface area contributed by atoms with E-state index in [1.165, 1.54) is 6.07 Å². The number of nitrogens with zero attached hydrogens (tertiary/aromatic N) is 1. The lowest BCUT2D eigenvalue weighted by Crippen LogP contribution is -2.21. The second kappa shape index (κ2) is 7.18. The summed E-state index contributed by atoms with van der Waals surface area (Å²) in [5, 5.41) is 8.07. The van der Waals surface area contributed by atoms with Crippen molar-refractivity contribution in [1.82, 2.24) is 0 Å². The largest absolute Gasteiger partial charge is 0.416 e. The fourth-order valence-electron chi connectivity index (χ4n) is 2.31. The number of benzene rings is 2. The summed E-state index contributed by atoms with van der Waals surface area (Å²) in [6.45, 7) is 0. The monoisotopic (exact) mass is 420 g/mol. The zero-order chi connectivity index (χ0) is 20.6. The van der Waals surface area contributed by atoms with E-state index in [2.05, 4.69) is 5.10 Å². The molecular weight excluding hydrogens is 409 g/mol. The van der Waals surface area contributed by atoms with Crippen molar-refractivity contribution in [1.29, 1.82) is 0 Å². The lowest BCUT2D eigenvalue weighted by atomic mass is 9.96. The van der Waals surface area contributed by atoms with E-state index in [1.807, 2.05) is 0 Å². The highest BCUT2D eigenvalue weighted by Gasteiger charge is 2.31. The average Bonchev–Trinajstić information content (AvgIpc) is 2.53. The van der Waals surface area contributed by atoms with Crippen LogP contribution in [0.4, 0.5) is 13.2 Å². The van der Waals surface area contributed by atoms with E-state index in [0.717, 1.165) is 30.3 Å². The molecule has 1 amide bonds. The quantitative estimate of drug-likeness (QED) is 0.394. The maximum Gasteiger partial charge on any atom is 0.416 e. The van der Waals surface area contributed by atoms with Crippen LogP contribution in [0, 0.1) is 0 Å². The van der Waals surface area contributed by atoms with Gasteiger partial charge in [0.25, 0.3) is 0 Å². The van der Waals surface area contributed by atoms with Crippen molar-refractivity contribution in [2.45, 2.75) is 11.1 Å². The number of nitrogens with two attached hydrogens (primary N) is 3. The summed E-state index contributed by atoms with van der Waals surface area (Å²) in [6.07, 6.45) is -4.63. The SMILES string of the molecule is N/N=C(\c1cccc(C(F)(F)F)c1)c1cc(Cl)c(S(N)(=O)=O)cc1C(N)=O. The van der Waals surface area contributed by atoms with Gasteiger partial charge in [-0.2, -0.15) is 18.3 Å². The Kier molecular flexibility index (Phi) is 5.50. The summed E-state index contributed by atoms with van der Waals surface area (Å²) >= 11 is 5.90. The van der Waals surface area contributed by atoms with Crippen molar-refractivity contribution in [2.75, 3.05) is 0 Å². The first-order valence-electron chi connectivity index (χ1n) is 6.98. The third-order valence-electron chi connectivity index (χ3n) is 3.49. The fourth-order valence-corrected chi connectivity index (χ4v) is 3.41. The molecule has 0 bridgehead atoms. The summed E-state index contributed by atoms with van der Waals surface area (Å²) in [4.78, 5) is 11.2. The maximum absolute atomic E-state index is 12.9. The smallest absolute Gasteiger partial charge is 0.366 e. The first kappa shape index (κ1) is 20.7. The Labute approximate surface area is 156 Å². The Balaban J connectivity index is 2.76. The summed E-state index contributed by atoms with van der Waals surface area (Å²) in [6, 6.07) is 5.80. The van der Waals surface area contributed by atoms with Gasteiger partial charge >= 0.3 is 6.18 Å². The number of carbonyl (C=O) groups is 1. The van der Waals surface area contributed by atoms with Crippen molar-refractivity contribution < 1.29 is 26.4 Å². The number of hydrazone groups is 1. The topological polar surface area (TPSA) is 142 Å². The van der Waals surface area contributed by atoms with E-state index in [0.29, 0.717) is 0 Å². The van der Waals surface area contributed by atoms with E-state index in [-0.39, 0.29) is 27.4 Å². The summed E-state index contributed by atoms with van der Waals surface area (Å²) < 4.78 is 62.0. The minimum atomic E-state index is -4.63. The van der Waals surface area contributed by atoms with Crippen molar-refractivity contribution in [2.24, 2.45) is 21.8 Å². The molecule has 2 rings (SSSR count). The number of halogens is 4. The van der Waals surface area contributed by atoms with Crippen LogP contribution in [0.3, 0.4) is 0 Å². The lowest BCUT2D eigenvalue weighted by molar-refractivity contribution is -0.137. The van der Waals surface area contributed by atoms with Crippen molar-refractivity contribution in [3.8, 4) is 0 Å². The highest BCUT2D eigenvalue weighted by molar-refractivity contribution is 7.89. The molecule has 0 unspecified atom stereocenters. The molecule has 0 fully saturated rings. The van der Waals surface area contributed by atoms with E-state index in [4.69, 9.17) is 28.3 Å². The number of amides is 1. The van der Waals surface area contributed by atoms with E-state index < -0.39 is 32.6 Å². The van der Waals surface area contributed by atoms with Crippen LogP contribution in [0.1, 0.15) is 27.0 Å². The van der Waals surface area contributed by atoms with Crippen LogP contribution >= 0.6 is 11.6 Å². The van der Waals surface area contributed by atoms with Crippen LogP contribution in [0.25, 0.3) is 0 Å². The van der Waals surface area contributed by atoms with Gasteiger partial charge < -0.3 is 11.6 Å². The standard InChI is InChI=1S/C15H12ClF3N4O3S/c16-11-5-9(10(14(20)24)6-12(11)27(22,25)26)13(23-21)7-2-1-3-8(4-7)15(17,18)19/h1-6H,21H2,(H2,20,24)(H2,22,25,26)/b23-13+. The Morgan fingerprint density at radius 3 is 2.22 bits per heavy atom. The molecule has 144 valence electrons. The van der Waals surface area contributed by atoms with Gasteiger partial charge in [0.1, 0.15) is 4.90 Å².